The molecule has 0 aromatic rings. The summed E-state index contributed by atoms with van der Waals surface area (Å²) in [4.78, 5) is 0. The SMILES string of the molecule is OCC1O[C@@H](O)C(O)[C@H](O)C1O. The van der Waals surface area contributed by atoms with Crippen LogP contribution in [0.25, 0.3) is 0 Å². The van der Waals surface area contributed by atoms with Crippen molar-refractivity contribution in [3.05, 3.63) is 0 Å². The average molecular weight is 180 g/mol. The van der Waals surface area contributed by atoms with Crippen LogP contribution in [0.2, 0.25) is 0 Å². The van der Waals surface area contributed by atoms with Crippen LogP contribution in [-0.2, 0) is 4.74 Å². The van der Waals surface area contributed by atoms with Crippen molar-refractivity contribution in [2.24, 2.45) is 0 Å². The Morgan fingerprint density at radius 1 is 0.917 bits per heavy atom. The maximum Gasteiger partial charge on any atom is 0.184 e. The molecule has 0 bridgehead atoms. The van der Waals surface area contributed by atoms with E-state index in [0.29, 0.717) is 0 Å². The van der Waals surface area contributed by atoms with Crippen LogP contribution >= 0.6 is 0 Å². The summed E-state index contributed by atoms with van der Waals surface area (Å²) in [6.45, 7) is -0.526. The van der Waals surface area contributed by atoms with Gasteiger partial charge in [0.25, 0.3) is 0 Å². The molecule has 1 heterocycles. The van der Waals surface area contributed by atoms with E-state index in [1.54, 1.807) is 0 Å². The molecule has 1 saturated heterocycles. The van der Waals surface area contributed by atoms with E-state index < -0.39 is 37.3 Å². The summed E-state index contributed by atoms with van der Waals surface area (Å²) in [6, 6.07) is 0. The van der Waals surface area contributed by atoms with Crippen LogP contribution in [0.4, 0.5) is 0 Å². The lowest BCUT2D eigenvalue weighted by atomic mass is 10.00. The van der Waals surface area contributed by atoms with E-state index >= 15 is 0 Å². The van der Waals surface area contributed by atoms with Crippen molar-refractivity contribution in [3.8, 4) is 0 Å². The second-order valence-electron chi connectivity index (χ2n) is 2.72. The number of ether oxygens (including phenoxy) is 1. The molecule has 0 saturated carbocycles. The molecule has 0 spiro atoms. The Labute approximate surface area is 68.6 Å². The highest BCUT2D eigenvalue weighted by Gasteiger charge is 2.42. The van der Waals surface area contributed by atoms with Gasteiger partial charge in [0.1, 0.15) is 24.4 Å². The van der Waals surface area contributed by atoms with Crippen LogP contribution in [0.1, 0.15) is 0 Å². The third-order valence-corrected chi connectivity index (χ3v) is 1.87. The zero-order valence-corrected chi connectivity index (χ0v) is 6.24. The number of rotatable bonds is 1. The first-order chi connectivity index (χ1) is 5.57. The number of hydrogen-bond donors (Lipinski definition) is 5. The minimum absolute atomic E-state index is 0.526. The van der Waals surface area contributed by atoms with E-state index in [1.165, 1.54) is 0 Å². The van der Waals surface area contributed by atoms with Gasteiger partial charge in [0.05, 0.1) is 6.61 Å². The maximum atomic E-state index is 9.12. The summed E-state index contributed by atoms with van der Waals surface area (Å²) in [7, 11) is 0. The van der Waals surface area contributed by atoms with Crippen molar-refractivity contribution < 1.29 is 30.3 Å². The van der Waals surface area contributed by atoms with Crippen molar-refractivity contribution in [1.29, 1.82) is 0 Å². The van der Waals surface area contributed by atoms with E-state index in [1.807, 2.05) is 0 Å². The second kappa shape index (κ2) is 3.65. The molecule has 0 radical (unpaired) electrons. The summed E-state index contributed by atoms with van der Waals surface area (Å²) < 4.78 is 4.58. The predicted molar refractivity (Wildman–Crippen MR) is 36.0 cm³/mol. The van der Waals surface area contributed by atoms with Crippen LogP contribution in [-0.4, -0.2) is 62.8 Å². The Morgan fingerprint density at radius 3 is 2.00 bits per heavy atom. The van der Waals surface area contributed by atoms with Gasteiger partial charge >= 0.3 is 0 Å². The monoisotopic (exact) mass is 180 g/mol. The summed E-state index contributed by atoms with van der Waals surface area (Å²) in [5.74, 6) is 0. The van der Waals surface area contributed by atoms with Crippen molar-refractivity contribution in [2.75, 3.05) is 6.61 Å². The van der Waals surface area contributed by atoms with Crippen LogP contribution in [0.5, 0.6) is 0 Å². The molecule has 6 nitrogen and oxygen atoms in total. The van der Waals surface area contributed by atoms with Crippen LogP contribution in [0.15, 0.2) is 0 Å². The minimum Gasteiger partial charge on any atom is -0.394 e. The van der Waals surface area contributed by atoms with E-state index in [9.17, 15) is 0 Å². The molecule has 6 heteroatoms. The molecule has 1 aliphatic rings. The maximum absolute atomic E-state index is 9.12. The van der Waals surface area contributed by atoms with Crippen molar-refractivity contribution in [1.82, 2.24) is 0 Å². The standard InChI is InChI=1S/C6H12O6/c7-1-2-3(8)4(9)5(10)6(11)12-2/h2-11H,1H2/t2?,3?,4-,5?,6-/m1/s1. The highest BCUT2D eigenvalue weighted by atomic mass is 16.6. The second-order valence-corrected chi connectivity index (χ2v) is 2.72. The van der Waals surface area contributed by atoms with Gasteiger partial charge in [-0.1, -0.05) is 0 Å². The van der Waals surface area contributed by atoms with E-state index in [0.717, 1.165) is 0 Å². The normalized spacial score (nSPS) is 49.2. The van der Waals surface area contributed by atoms with Crippen LogP contribution in [0, 0.1) is 0 Å². The molecule has 0 aromatic carbocycles. The summed E-state index contributed by atoms with van der Waals surface area (Å²) >= 11 is 0. The van der Waals surface area contributed by atoms with Gasteiger partial charge in [-0.3, -0.25) is 0 Å². The van der Waals surface area contributed by atoms with Crippen molar-refractivity contribution in [3.63, 3.8) is 0 Å². The molecule has 0 aliphatic carbocycles. The Morgan fingerprint density at radius 2 is 1.50 bits per heavy atom. The zero-order chi connectivity index (χ0) is 9.30. The first-order valence-electron chi connectivity index (χ1n) is 3.56. The molecule has 1 fully saturated rings. The smallest absolute Gasteiger partial charge is 0.184 e. The topological polar surface area (TPSA) is 110 Å². The molecule has 3 unspecified atom stereocenters. The third kappa shape index (κ3) is 1.58. The summed E-state index contributed by atoms with van der Waals surface area (Å²) in [5.41, 5.74) is 0. The largest absolute Gasteiger partial charge is 0.394 e. The van der Waals surface area contributed by atoms with Crippen LogP contribution < -0.4 is 0 Å². The Balaban J connectivity index is 2.63. The number of aliphatic hydroxyl groups excluding tert-OH is 5. The van der Waals surface area contributed by atoms with Crippen molar-refractivity contribution >= 4 is 0 Å². The van der Waals surface area contributed by atoms with E-state index in [-0.39, 0.29) is 0 Å². The first-order valence-corrected chi connectivity index (χ1v) is 3.56. The fraction of sp³-hybridized carbons (Fsp3) is 1.00. The number of aliphatic hydroxyl groups is 5. The highest BCUT2D eigenvalue weighted by molar-refractivity contribution is 4.87. The number of hydrogen-bond acceptors (Lipinski definition) is 6. The average Bonchev–Trinajstić information content (AvgIpc) is 2.08. The van der Waals surface area contributed by atoms with Crippen LogP contribution in [0.3, 0.4) is 0 Å². The highest BCUT2D eigenvalue weighted by Crippen LogP contribution is 2.18. The molecule has 0 amide bonds. The fourth-order valence-electron chi connectivity index (χ4n) is 1.08. The summed E-state index contributed by atoms with van der Waals surface area (Å²) in [5, 5.41) is 44.7. The van der Waals surface area contributed by atoms with Gasteiger partial charge in [-0.15, -0.1) is 0 Å². The van der Waals surface area contributed by atoms with Gasteiger partial charge in [-0.05, 0) is 0 Å². The quantitative estimate of drug-likeness (QED) is 0.290. The van der Waals surface area contributed by atoms with Gasteiger partial charge < -0.3 is 30.3 Å². The fourth-order valence-corrected chi connectivity index (χ4v) is 1.08. The Kier molecular flexibility index (Phi) is 2.99. The third-order valence-electron chi connectivity index (χ3n) is 1.87. The molecular weight excluding hydrogens is 168 g/mol. The zero-order valence-electron chi connectivity index (χ0n) is 6.24. The first kappa shape index (κ1) is 9.85. The lowest BCUT2D eigenvalue weighted by Gasteiger charge is -2.37. The molecule has 1 aliphatic heterocycles. The Bertz CT molecular complexity index is 146. The molecule has 12 heavy (non-hydrogen) atoms. The van der Waals surface area contributed by atoms with Gasteiger partial charge in [0, 0.05) is 0 Å². The molecule has 5 atom stereocenters. The van der Waals surface area contributed by atoms with Gasteiger partial charge in [0.2, 0.25) is 0 Å². The van der Waals surface area contributed by atoms with E-state index in [4.69, 9.17) is 25.5 Å². The lowest BCUT2D eigenvalue weighted by Crippen LogP contribution is -2.58. The van der Waals surface area contributed by atoms with Crippen molar-refractivity contribution in [2.45, 2.75) is 30.7 Å². The van der Waals surface area contributed by atoms with Gasteiger partial charge in [0.15, 0.2) is 6.29 Å². The van der Waals surface area contributed by atoms with Gasteiger partial charge in [-0.25, -0.2) is 0 Å². The molecule has 1 rings (SSSR count). The minimum atomic E-state index is -1.57. The Hall–Kier alpha value is -0.240. The van der Waals surface area contributed by atoms with E-state index in [2.05, 4.69) is 4.74 Å². The molecule has 5 N–H and O–H groups in total. The molecular formula is C6H12O6. The predicted octanol–water partition coefficient (Wildman–Crippen LogP) is -3.22. The molecule has 72 valence electrons. The van der Waals surface area contributed by atoms with Gasteiger partial charge in [-0.2, -0.15) is 0 Å². The molecule has 0 aromatic heterocycles. The summed E-state index contributed by atoms with van der Waals surface area (Å²) in [6.07, 6.45) is -7.04. The lowest BCUT2D eigenvalue weighted by molar-refractivity contribution is -0.286.